The first kappa shape index (κ1) is 27.7. The van der Waals surface area contributed by atoms with Gasteiger partial charge in [-0.1, -0.05) is 55.7 Å². The topological polar surface area (TPSA) is 124 Å². The molecule has 1 aliphatic carbocycles. The summed E-state index contributed by atoms with van der Waals surface area (Å²) >= 11 is 0. The second-order valence-corrected chi connectivity index (χ2v) is 10.3. The molecule has 1 saturated heterocycles. The van der Waals surface area contributed by atoms with Crippen molar-refractivity contribution in [3.63, 3.8) is 0 Å². The van der Waals surface area contributed by atoms with Gasteiger partial charge in [0.2, 0.25) is 5.78 Å². The number of esters is 1. The van der Waals surface area contributed by atoms with E-state index < -0.39 is 23.0 Å². The molecular weight excluding hydrogens is 482 g/mol. The highest BCUT2D eigenvalue weighted by molar-refractivity contribution is 6.32. The fraction of sp³-hybridized carbons (Fsp3) is 0.467. The van der Waals surface area contributed by atoms with Crippen LogP contribution in [0, 0.1) is 5.92 Å². The Hall–Kier alpha value is -3.36. The van der Waals surface area contributed by atoms with Crippen LogP contribution in [0.15, 0.2) is 54.2 Å². The van der Waals surface area contributed by atoms with E-state index in [0.717, 1.165) is 43.2 Å². The molecule has 8 heteroatoms. The van der Waals surface area contributed by atoms with Gasteiger partial charge in [-0.05, 0) is 50.9 Å². The minimum atomic E-state index is -1.94. The number of benzene rings is 1. The summed E-state index contributed by atoms with van der Waals surface area (Å²) in [5.41, 5.74) is 4.82. The number of nitrogens with one attached hydrogen (secondary N) is 1. The zero-order chi connectivity index (χ0) is 27.3. The van der Waals surface area contributed by atoms with Crippen molar-refractivity contribution in [1.82, 2.24) is 10.3 Å². The van der Waals surface area contributed by atoms with E-state index in [-0.39, 0.29) is 35.9 Å². The molecule has 1 aromatic heterocycles. The standard InChI is InChI=1S/C30H37N3O5/c1-4-5-8-22(18-32-3)19-37-28(36)30-27(35)24-10-7-6-9-23(24)26(34)29(30,38-30)15-13-20(2)11-12-21-14-16-33-25(31)17-21/h6-7,9-10,13-14,16-17,22,32H,4-5,8,11-12,15,18-19H2,1-3H3,(H2,31,33)/b20-13+/t22-,29+,30+/m1/s1. The van der Waals surface area contributed by atoms with Crippen molar-refractivity contribution in [2.24, 2.45) is 5.92 Å². The first-order valence-electron chi connectivity index (χ1n) is 13.4. The number of aromatic nitrogens is 1. The number of fused-ring (bicyclic) bond motifs is 2. The summed E-state index contributed by atoms with van der Waals surface area (Å²) < 4.78 is 11.7. The molecule has 2 heterocycles. The number of ether oxygens (including phenoxy) is 2. The smallest absolute Gasteiger partial charge is 0.350 e. The average molecular weight is 520 g/mol. The molecule has 0 saturated carbocycles. The van der Waals surface area contributed by atoms with Gasteiger partial charge >= 0.3 is 5.97 Å². The highest BCUT2D eigenvalue weighted by Gasteiger charge is 2.85. The number of aryl methyl sites for hydroxylation is 1. The van der Waals surface area contributed by atoms with Crippen LogP contribution in [-0.2, 0) is 20.7 Å². The SMILES string of the molecule is CCCC[C@H](CNC)COC(=O)[C@]12O[C@@]1(C/C=C(\C)CCc1ccnc(N)c1)C(=O)c1ccccc1C2=O. The minimum absolute atomic E-state index is 0.111. The van der Waals surface area contributed by atoms with Crippen LogP contribution in [0.4, 0.5) is 5.82 Å². The molecule has 0 radical (unpaired) electrons. The Balaban J connectivity index is 1.55. The summed E-state index contributed by atoms with van der Waals surface area (Å²) in [7, 11) is 1.85. The highest BCUT2D eigenvalue weighted by atomic mass is 16.7. The predicted octanol–water partition coefficient (Wildman–Crippen LogP) is 4.09. The van der Waals surface area contributed by atoms with Gasteiger partial charge in [0.25, 0.3) is 5.60 Å². The minimum Gasteiger partial charge on any atom is -0.463 e. The molecule has 0 unspecified atom stereocenters. The normalized spacial score (nSPS) is 23.0. The van der Waals surface area contributed by atoms with Crippen molar-refractivity contribution in [3.8, 4) is 0 Å². The molecule has 1 aromatic carbocycles. The molecule has 1 aliphatic heterocycles. The number of hydrogen-bond donors (Lipinski definition) is 2. The average Bonchev–Trinajstić information content (AvgIpc) is 3.63. The van der Waals surface area contributed by atoms with Gasteiger partial charge in [-0.15, -0.1) is 0 Å². The molecular formula is C30H37N3O5. The second kappa shape index (κ2) is 11.6. The Labute approximate surface area is 224 Å². The lowest BCUT2D eigenvalue weighted by Crippen LogP contribution is -2.50. The van der Waals surface area contributed by atoms with Gasteiger partial charge in [0.15, 0.2) is 11.4 Å². The molecule has 3 N–H and O–H groups in total. The number of carbonyl (C=O) groups is 3. The number of allylic oxidation sites excluding steroid dienone is 1. The third-order valence-corrected chi connectivity index (χ3v) is 7.55. The third kappa shape index (κ3) is 5.15. The third-order valence-electron chi connectivity index (χ3n) is 7.55. The number of rotatable bonds is 13. The molecule has 0 amide bonds. The molecule has 0 bridgehead atoms. The first-order valence-corrected chi connectivity index (χ1v) is 13.4. The van der Waals surface area contributed by atoms with E-state index in [1.807, 2.05) is 32.2 Å². The number of anilines is 1. The first-order chi connectivity index (χ1) is 18.3. The molecule has 2 aromatic rings. The van der Waals surface area contributed by atoms with Crippen LogP contribution < -0.4 is 11.1 Å². The Kier molecular flexibility index (Phi) is 8.43. The van der Waals surface area contributed by atoms with Gasteiger partial charge in [0, 0.05) is 36.2 Å². The maximum Gasteiger partial charge on any atom is 0.350 e. The lowest BCUT2D eigenvalue weighted by atomic mass is 9.72. The summed E-state index contributed by atoms with van der Waals surface area (Å²) in [6.07, 6.45) is 8.09. The Bertz CT molecular complexity index is 1240. The highest BCUT2D eigenvalue weighted by Crippen LogP contribution is 2.58. The van der Waals surface area contributed by atoms with E-state index in [1.54, 1.807) is 30.5 Å². The maximum absolute atomic E-state index is 13.7. The van der Waals surface area contributed by atoms with Gasteiger partial charge in [0.1, 0.15) is 5.82 Å². The van der Waals surface area contributed by atoms with Gasteiger partial charge in [-0.2, -0.15) is 0 Å². The van der Waals surface area contributed by atoms with Crippen molar-refractivity contribution < 1.29 is 23.9 Å². The fourth-order valence-electron chi connectivity index (χ4n) is 5.27. The van der Waals surface area contributed by atoms with Crippen molar-refractivity contribution in [3.05, 3.63) is 70.9 Å². The summed E-state index contributed by atoms with van der Waals surface area (Å²) in [5, 5.41) is 3.13. The number of Topliss-reactive ketones (excluding diaryl/α,β-unsaturated/α-hetero) is 2. The zero-order valence-corrected chi connectivity index (χ0v) is 22.4. The summed E-state index contributed by atoms with van der Waals surface area (Å²) in [6, 6.07) is 10.3. The van der Waals surface area contributed by atoms with E-state index >= 15 is 0 Å². The molecule has 1 fully saturated rings. The molecule has 0 spiro atoms. The number of epoxide rings is 1. The van der Waals surface area contributed by atoms with Crippen molar-refractivity contribution in [2.75, 3.05) is 25.9 Å². The second-order valence-electron chi connectivity index (χ2n) is 10.3. The number of hydrogen-bond acceptors (Lipinski definition) is 8. The van der Waals surface area contributed by atoms with E-state index in [2.05, 4.69) is 17.2 Å². The zero-order valence-electron chi connectivity index (χ0n) is 22.4. The largest absolute Gasteiger partial charge is 0.463 e. The molecule has 3 atom stereocenters. The van der Waals surface area contributed by atoms with Crippen LogP contribution in [0.25, 0.3) is 0 Å². The molecule has 38 heavy (non-hydrogen) atoms. The molecule has 8 nitrogen and oxygen atoms in total. The van der Waals surface area contributed by atoms with Crippen LogP contribution in [0.5, 0.6) is 0 Å². The van der Waals surface area contributed by atoms with Crippen molar-refractivity contribution >= 4 is 23.4 Å². The monoisotopic (exact) mass is 519 g/mol. The molecule has 202 valence electrons. The van der Waals surface area contributed by atoms with E-state index in [0.29, 0.717) is 12.4 Å². The lowest BCUT2D eigenvalue weighted by Gasteiger charge is -2.24. The number of unbranched alkanes of at least 4 members (excludes halogenated alkanes) is 1. The van der Waals surface area contributed by atoms with Crippen LogP contribution in [0.2, 0.25) is 0 Å². The van der Waals surface area contributed by atoms with Crippen LogP contribution >= 0.6 is 0 Å². The van der Waals surface area contributed by atoms with E-state index in [1.165, 1.54) is 0 Å². The maximum atomic E-state index is 13.7. The summed E-state index contributed by atoms with van der Waals surface area (Å²) in [5.74, 6) is -1.06. The van der Waals surface area contributed by atoms with Crippen LogP contribution in [0.1, 0.15) is 72.2 Å². The Morgan fingerprint density at radius 3 is 2.63 bits per heavy atom. The molecule has 2 aliphatic rings. The number of carbonyl (C=O) groups excluding carboxylic acids is 3. The Morgan fingerprint density at radius 1 is 1.21 bits per heavy atom. The van der Waals surface area contributed by atoms with Gasteiger partial charge in [-0.3, -0.25) is 9.59 Å². The summed E-state index contributed by atoms with van der Waals surface area (Å²) in [6.45, 7) is 4.92. The van der Waals surface area contributed by atoms with E-state index in [9.17, 15) is 14.4 Å². The van der Waals surface area contributed by atoms with Crippen molar-refractivity contribution in [2.45, 2.75) is 63.6 Å². The molecule has 4 rings (SSSR count). The van der Waals surface area contributed by atoms with Gasteiger partial charge in [0.05, 0.1) is 6.61 Å². The number of nitrogen functional groups attached to an aromatic ring is 1. The fourth-order valence-corrected chi connectivity index (χ4v) is 5.27. The lowest BCUT2D eigenvalue weighted by molar-refractivity contribution is -0.149. The number of pyridine rings is 1. The number of nitrogens with two attached hydrogens (primary N) is 1. The van der Waals surface area contributed by atoms with Crippen molar-refractivity contribution in [1.29, 1.82) is 0 Å². The van der Waals surface area contributed by atoms with E-state index in [4.69, 9.17) is 15.2 Å². The van der Waals surface area contributed by atoms with Crippen LogP contribution in [0.3, 0.4) is 0 Å². The van der Waals surface area contributed by atoms with Gasteiger partial charge in [-0.25, -0.2) is 9.78 Å². The number of ketones is 2. The summed E-state index contributed by atoms with van der Waals surface area (Å²) in [4.78, 5) is 44.9. The number of nitrogens with zero attached hydrogens (tertiary/aromatic N) is 1. The quantitative estimate of drug-likeness (QED) is 0.176. The predicted molar refractivity (Wildman–Crippen MR) is 145 cm³/mol. The van der Waals surface area contributed by atoms with Gasteiger partial charge < -0.3 is 20.5 Å². The Morgan fingerprint density at radius 2 is 1.95 bits per heavy atom. The van der Waals surface area contributed by atoms with Crippen LogP contribution in [-0.4, -0.2) is 53.9 Å².